The molecule has 192 valence electrons. The number of anilines is 1. The zero-order valence-electron chi connectivity index (χ0n) is 19.6. The fourth-order valence-corrected chi connectivity index (χ4v) is 5.23. The van der Waals surface area contributed by atoms with Crippen molar-refractivity contribution in [2.75, 3.05) is 30.7 Å². The van der Waals surface area contributed by atoms with E-state index in [2.05, 4.69) is 10.6 Å². The molecule has 1 unspecified atom stereocenters. The van der Waals surface area contributed by atoms with Gasteiger partial charge in [-0.05, 0) is 36.8 Å². The number of hydrogen-bond donors (Lipinski definition) is 2. The van der Waals surface area contributed by atoms with E-state index in [0.717, 1.165) is 0 Å². The molecule has 0 saturated carbocycles. The Kier molecular flexibility index (Phi) is 9.86. The number of carbonyl (C=O) groups excluding carboxylic acids is 4. The third-order valence-electron chi connectivity index (χ3n) is 5.33. The Morgan fingerprint density at radius 1 is 1.11 bits per heavy atom. The van der Waals surface area contributed by atoms with E-state index in [1.807, 2.05) is 0 Å². The fraction of sp³-hybridized carbons (Fsp3) is 0.333. The zero-order valence-corrected chi connectivity index (χ0v) is 21.9. The number of hydrogen-bond acceptors (Lipinski definition) is 7. The van der Waals surface area contributed by atoms with Crippen LogP contribution in [0.25, 0.3) is 0 Å². The predicted octanol–water partition coefficient (Wildman–Crippen LogP) is 3.98. The van der Waals surface area contributed by atoms with Crippen LogP contribution in [0.2, 0.25) is 10.0 Å². The first kappa shape index (κ1) is 27.6. The van der Waals surface area contributed by atoms with Crippen molar-refractivity contribution in [1.82, 2.24) is 10.2 Å². The number of amides is 3. The monoisotopic (exact) mass is 553 g/mol. The van der Waals surface area contributed by atoms with Gasteiger partial charge in [-0.1, -0.05) is 41.4 Å². The lowest BCUT2D eigenvalue weighted by Crippen LogP contribution is -2.52. The molecule has 3 amide bonds. The molecule has 1 fully saturated rings. The van der Waals surface area contributed by atoms with Gasteiger partial charge in [0.1, 0.15) is 12.1 Å². The minimum atomic E-state index is -0.973. The van der Waals surface area contributed by atoms with Crippen molar-refractivity contribution in [2.45, 2.75) is 25.4 Å². The Labute approximate surface area is 222 Å². The smallest absolute Gasteiger partial charge is 0.411 e. The molecule has 2 aromatic carbocycles. The van der Waals surface area contributed by atoms with Gasteiger partial charge in [0.25, 0.3) is 5.91 Å². The molecule has 2 aromatic rings. The summed E-state index contributed by atoms with van der Waals surface area (Å²) in [5, 5.41) is 5.88. The van der Waals surface area contributed by atoms with Crippen LogP contribution in [0.15, 0.2) is 42.5 Å². The Morgan fingerprint density at radius 2 is 1.78 bits per heavy atom. The summed E-state index contributed by atoms with van der Waals surface area (Å²) in [6.07, 6.45) is -0.435. The first-order chi connectivity index (χ1) is 17.2. The lowest BCUT2D eigenvalue weighted by atomic mass is 10.0. The van der Waals surface area contributed by atoms with Gasteiger partial charge in [-0.2, -0.15) is 0 Å². The van der Waals surface area contributed by atoms with E-state index in [-0.39, 0.29) is 28.6 Å². The Hall–Kier alpha value is -2.95. The van der Waals surface area contributed by atoms with Crippen molar-refractivity contribution in [2.24, 2.45) is 0 Å². The van der Waals surface area contributed by atoms with Gasteiger partial charge in [-0.15, -0.1) is 11.8 Å². The number of halogens is 2. The van der Waals surface area contributed by atoms with Gasteiger partial charge in [0.05, 0.1) is 35.2 Å². The molecule has 1 aliphatic heterocycles. The number of nitrogens with zero attached hydrogens (tertiary/aromatic N) is 1. The highest BCUT2D eigenvalue weighted by Gasteiger charge is 2.37. The zero-order chi connectivity index (χ0) is 26.2. The number of benzene rings is 2. The second-order valence-electron chi connectivity index (χ2n) is 7.72. The van der Waals surface area contributed by atoms with Crippen molar-refractivity contribution < 1.29 is 28.7 Å². The number of ether oxygens (including phenoxy) is 2. The number of methoxy groups -OCH3 is 1. The van der Waals surface area contributed by atoms with Crippen molar-refractivity contribution in [3.05, 3.63) is 63.6 Å². The summed E-state index contributed by atoms with van der Waals surface area (Å²) >= 11 is 13.6. The average molecular weight is 554 g/mol. The van der Waals surface area contributed by atoms with Crippen LogP contribution in [0.1, 0.15) is 22.8 Å². The van der Waals surface area contributed by atoms with Crippen LogP contribution >= 0.6 is 35.0 Å². The lowest BCUT2D eigenvalue weighted by Gasteiger charge is -2.24. The molecule has 36 heavy (non-hydrogen) atoms. The first-order valence-corrected chi connectivity index (χ1v) is 12.9. The Balaban J connectivity index is 1.66. The molecule has 0 aliphatic carbocycles. The van der Waals surface area contributed by atoms with Crippen molar-refractivity contribution >= 4 is 64.5 Å². The third-order valence-corrected chi connectivity index (χ3v) is 6.97. The highest BCUT2D eigenvalue weighted by Crippen LogP contribution is 2.26. The van der Waals surface area contributed by atoms with E-state index in [9.17, 15) is 19.2 Å². The summed E-state index contributed by atoms with van der Waals surface area (Å²) in [4.78, 5) is 51.3. The van der Waals surface area contributed by atoms with Crippen LogP contribution in [0, 0.1) is 0 Å². The maximum Gasteiger partial charge on any atom is 0.411 e. The molecule has 0 aromatic heterocycles. The van der Waals surface area contributed by atoms with Gasteiger partial charge in [-0.25, -0.2) is 9.59 Å². The largest absolute Gasteiger partial charge is 0.467 e. The van der Waals surface area contributed by atoms with Gasteiger partial charge >= 0.3 is 12.1 Å². The van der Waals surface area contributed by atoms with Gasteiger partial charge < -0.3 is 20.1 Å². The maximum absolute atomic E-state index is 12.9. The third kappa shape index (κ3) is 6.83. The topological polar surface area (TPSA) is 114 Å². The summed E-state index contributed by atoms with van der Waals surface area (Å²) in [5.41, 5.74) is 1.37. The molecule has 0 bridgehead atoms. The molecule has 3 rings (SSSR count). The lowest BCUT2D eigenvalue weighted by molar-refractivity contribution is -0.145. The number of esters is 1. The van der Waals surface area contributed by atoms with E-state index in [4.69, 9.17) is 32.7 Å². The molecule has 12 heteroatoms. The molecule has 1 heterocycles. The highest BCUT2D eigenvalue weighted by molar-refractivity contribution is 7.99. The fourth-order valence-electron chi connectivity index (χ4n) is 3.52. The SMILES string of the molecule is CCOC(=O)N1CSCC1C(=O)N[C@@H](Cc1ccc(NC(=O)c2c(Cl)cccc2Cl)cc1)C(=O)OC. The van der Waals surface area contributed by atoms with Gasteiger partial charge in [0.15, 0.2) is 0 Å². The molecule has 1 saturated heterocycles. The van der Waals surface area contributed by atoms with E-state index in [0.29, 0.717) is 22.9 Å². The number of rotatable bonds is 8. The summed E-state index contributed by atoms with van der Waals surface area (Å²) in [6, 6.07) is 9.80. The Morgan fingerprint density at radius 3 is 2.39 bits per heavy atom. The second-order valence-corrected chi connectivity index (χ2v) is 9.53. The Bertz CT molecular complexity index is 1110. The van der Waals surface area contributed by atoms with E-state index in [1.165, 1.54) is 23.8 Å². The van der Waals surface area contributed by atoms with Crippen molar-refractivity contribution in [1.29, 1.82) is 0 Å². The van der Waals surface area contributed by atoms with Crippen LogP contribution in [0.3, 0.4) is 0 Å². The molecular formula is C24H25Cl2N3O6S. The molecule has 2 N–H and O–H groups in total. The van der Waals surface area contributed by atoms with Crippen molar-refractivity contribution in [3.8, 4) is 0 Å². The minimum absolute atomic E-state index is 0.141. The number of nitrogens with one attached hydrogen (secondary N) is 2. The van der Waals surface area contributed by atoms with E-state index in [1.54, 1.807) is 49.4 Å². The van der Waals surface area contributed by atoms with E-state index < -0.39 is 36.0 Å². The minimum Gasteiger partial charge on any atom is -0.467 e. The number of thioether (sulfide) groups is 1. The maximum atomic E-state index is 12.9. The molecule has 0 radical (unpaired) electrons. The van der Waals surface area contributed by atoms with Gasteiger partial charge in [0.2, 0.25) is 5.91 Å². The second kappa shape index (κ2) is 12.8. The molecule has 2 atom stereocenters. The quantitative estimate of drug-likeness (QED) is 0.475. The molecule has 9 nitrogen and oxygen atoms in total. The number of carbonyl (C=O) groups is 4. The van der Waals surface area contributed by atoms with E-state index >= 15 is 0 Å². The van der Waals surface area contributed by atoms with Crippen LogP contribution in [0.4, 0.5) is 10.5 Å². The molecule has 1 aliphatic rings. The summed E-state index contributed by atoms with van der Waals surface area (Å²) in [5.74, 6) is -0.834. The average Bonchev–Trinajstić information content (AvgIpc) is 3.35. The standard InChI is InChI=1S/C24H25Cl2N3O6S/c1-3-35-24(33)29-13-36-12-19(29)21(30)28-18(23(32)34-2)11-14-7-9-15(10-8-14)27-22(31)20-16(25)5-4-6-17(20)26/h4-10,18-19H,3,11-13H2,1-2H3,(H,27,31)(H,28,30)/t18-,19?/m0/s1. The summed E-state index contributed by atoms with van der Waals surface area (Å²) < 4.78 is 9.88. The van der Waals surface area contributed by atoms with Gasteiger partial charge in [-0.3, -0.25) is 14.5 Å². The molecular weight excluding hydrogens is 529 g/mol. The molecule has 0 spiro atoms. The van der Waals surface area contributed by atoms with Crippen LogP contribution in [-0.4, -0.2) is 66.2 Å². The summed E-state index contributed by atoms with van der Waals surface area (Å²) in [6.45, 7) is 1.88. The van der Waals surface area contributed by atoms with Gasteiger partial charge in [0, 0.05) is 17.9 Å². The predicted molar refractivity (Wildman–Crippen MR) is 138 cm³/mol. The first-order valence-electron chi connectivity index (χ1n) is 11.0. The van der Waals surface area contributed by atoms with Crippen molar-refractivity contribution in [3.63, 3.8) is 0 Å². The summed E-state index contributed by atoms with van der Waals surface area (Å²) in [7, 11) is 1.23. The van der Waals surface area contributed by atoms with Crippen LogP contribution < -0.4 is 10.6 Å². The highest BCUT2D eigenvalue weighted by atomic mass is 35.5. The van der Waals surface area contributed by atoms with Crippen LogP contribution in [0.5, 0.6) is 0 Å². The normalized spacial score (nSPS) is 15.7. The van der Waals surface area contributed by atoms with Crippen LogP contribution in [-0.2, 0) is 25.5 Å².